The predicted octanol–water partition coefficient (Wildman–Crippen LogP) is 5.01. The van der Waals surface area contributed by atoms with Crippen molar-refractivity contribution in [1.29, 1.82) is 0 Å². The van der Waals surface area contributed by atoms with E-state index in [0.29, 0.717) is 43.0 Å². The highest BCUT2D eigenvalue weighted by atomic mass is 32.2. The molecule has 1 unspecified atom stereocenters. The summed E-state index contributed by atoms with van der Waals surface area (Å²) in [5.41, 5.74) is -1.70. The van der Waals surface area contributed by atoms with Crippen LogP contribution in [0.4, 0.5) is 13.2 Å². The van der Waals surface area contributed by atoms with Gasteiger partial charge in [0, 0.05) is 41.7 Å². The van der Waals surface area contributed by atoms with Crippen LogP contribution in [0.25, 0.3) is 11.3 Å². The molecule has 0 radical (unpaired) electrons. The van der Waals surface area contributed by atoms with E-state index in [4.69, 9.17) is 4.74 Å². The molecule has 230 valence electrons. The van der Waals surface area contributed by atoms with Crippen molar-refractivity contribution in [2.24, 2.45) is 0 Å². The van der Waals surface area contributed by atoms with E-state index in [-0.39, 0.29) is 18.2 Å². The molecule has 4 rings (SSSR count). The van der Waals surface area contributed by atoms with Gasteiger partial charge in [-0.1, -0.05) is 25.3 Å². The average Bonchev–Trinajstić information content (AvgIpc) is 3.18. The Kier molecular flexibility index (Phi) is 9.33. The van der Waals surface area contributed by atoms with Crippen molar-refractivity contribution in [2.45, 2.75) is 114 Å². The van der Waals surface area contributed by atoms with E-state index in [2.05, 4.69) is 10.0 Å². The first kappa shape index (κ1) is 32.0. The lowest BCUT2D eigenvalue weighted by molar-refractivity contribution is -0.139. The molecule has 1 aliphatic carbocycles. The third-order valence-electron chi connectivity index (χ3n) is 7.86. The monoisotopic (exact) mass is 601 g/mol. The number of aliphatic hydroxyl groups excluding tert-OH is 1. The van der Waals surface area contributed by atoms with E-state index >= 15 is 0 Å². The Bertz CT molecular complexity index is 1320. The Labute approximate surface area is 240 Å². The fourth-order valence-corrected chi connectivity index (χ4v) is 7.46. The van der Waals surface area contributed by atoms with Crippen molar-refractivity contribution < 1.29 is 36.5 Å². The standard InChI is InChI=1S/C29H42F3N3O5S/c1-19-22(26(36)33-21-10-14-40-15-11-21)17-24(35(19)18-28(37)12-6-5-7-13-28)20-8-9-25(23(16-20)29(30,31)32)41(38,39)34-27(2,3)4/h8-9,16-17,21,26,33-34,36-37H,5-7,10-15,18H2,1-4H3. The predicted molar refractivity (Wildman–Crippen MR) is 150 cm³/mol. The number of nitrogens with zero attached hydrogens (tertiary/aromatic N) is 1. The number of benzene rings is 1. The van der Waals surface area contributed by atoms with E-state index in [1.165, 1.54) is 6.07 Å². The molecule has 1 saturated carbocycles. The van der Waals surface area contributed by atoms with E-state index in [1.807, 2.05) is 0 Å². The van der Waals surface area contributed by atoms with E-state index in [9.17, 15) is 31.8 Å². The fourth-order valence-electron chi connectivity index (χ4n) is 5.83. The summed E-state index contributed by atoms with van der Waals surface area (Å²) in [6.45, 7) is 7.73. The van der Waals surface area contributed by atoms with Gasteiger partial charge in [-0.2, -0.15) is 13.2 Å². The summed E-state index contributed by atoms with van der Waals surface area (Å²) in [6.07, 6.45) is -0.773. The second-order valence-electron chi connectivity index (χ2n) is 12.5. The molecule has 4 N–H and O–H groups in total. The molecule has 0 bridgehead atoms. The van der Waals surface area contributed by atoms with E-state index in [1.54, 1.807) is 38.3 Å². The lowest BCUT2D eigenvalue weighted by atomic mass is 9.84. The number of aliphatic hydroxyl groups is 2. The van der Waals surface area contributed by atoms with Gasteiger partial charge in [0.05, 0.1) is 22.6 Å². The van der Waals surface area contributed by atoms with Gasteiger partial charge in [-0.25, -0.2) is 13.1 Å². The lowest BCUT2D eigenvalue weighted by Crippen LogP contribution is -2.41. The molecular formula is C29H42F3N3O5S. The molecule has 41 heavy (non-hydrogen) atoms. The molecule has 2 aromatic rings. The highest BCUT2D eigenvalue weighted by molar-refractivity contribution is 7.89. The van der Waals surface area contributed by atoms with Gasteiger partial charge in [0.1, 0.15) is 6.23 Å². The first-order valence-electron chi connectivity index (χ1n) is 14.2. The largest absolute Gasteiger partial charge is 0.417 e. The van der Waals surface area contributed by atoms with Gasteiger partial charge in [0.2, 0.25) is 10.0 Å². The molecule has 8 nitrogen and oxygen atoms in total. The quantitative estimate of drug-likeness (QED) is 0.317. The van der Waals surface area contributed by atoms with Crippen molar-refractivity contribution >= 4 is 10.0 Å². The minimum absolute atomic E-state index is 0.0177. The number of hydrogen-bond acceptors (Lipinski definition) is 6. The third kappa shape index (κ3) is 7.71. The molecule has 0 spiro atoms. The zero-order valence-corrected chi connectivity index (χ0v) is 25.0. The topological polar surface area (TPSA) is 113 Å². The summed E-state index contributed by atoms with van der Waals surface area (Å²) in [6, 6.07) is 4.82. The molecule has 1 aromatic carbocycles. The molecule has 2 fully saturated rings. The zero-order valence-electron chi connectivity index (χ0n) is 24.1. The van der Waals surface area contributed by atoms with Gasteiger partial charge >= 0.3 is 6.18 Å². The van der Waals surface area contributed by atoms with Gasteiger partial charge in [-0.05, 0) is 77.1 Å². The van der Waals surface area contributed by atoms with Crippen molar-refractivity contribution in [3.63, 3.8) is 0 Å². The van der Waals surface area contributed by atoms with Gasteiger partial charge in [-0.15, -0.1) is 0 Å². The highest BCUT2D eigenvalue weighted by Crippen LogP contribution is 2.40. The molecule has 1 atom stereocenters. The molecule has 1 saturated heterocycles. The van der Waals surface area contributed by atoms with Gasteiger partial charge in [0.25, 0.3) is 0 Å². The number of halogens is 3. The SMILES string of the molecule is Cc1c(C(O)NC2CCOCC2)cc(-c2ccc(S(=O)(=O)NC(C)(C)C)c(C(F)(F)F)c2)n1CC1(O)CCCCC1. The number of aromatic nitrogens is 1. The van der Waals surface area contributed by atoms with Crippen LogP contribution in [0.5, 0.6) is 0 Å². The minimum atomic E-state index is -4.95. The number of nitrogens with one attached hydrogen (secondary N) is 2. The Hall–Kier alpha value is -1.96. The second kappa shape index (κ2) is 12.0. The number of alkyl halides is 3. The Balaban J connectivity index is 1.81. The number of sulfonamides is 1. The summed E-state index contributed by atoms with van der Waals surface area (Å²) in [5.74, 6) is 0. The van der Waals surface area contributed by atoms with Crippen LogP contribution in [-0.2, 0) is 27.5 Å². The smallest absolute Gasteiger partial charge is 0.388 e. The summed E-state index contributed by atoms with van der Waals surface area (Å²) < 4.78 is 78.3. The first-order chi connectivity index (χ1) is 19.0. The van der Waals surface area contributed by atoms with Crippen LogP contribution in [-0.4, -0.2) is 53.6 Å². The zero-order chi connectivity index (χ0) is 30.2. The Morgan fingerprint density at radius 1 is 1.10 bits per heavy atom. The van der Waals surface area contributed by atoms with Crippen LogP contribution in [0, 0.1) is 6.92 Å². The summed E-state index contributed by atoms with van der Waals surface area (Å²) in [7, 11) is -4.48. The van der Waals surface area contributed by atoms with Gasteiger partial charge in [-0.3, -0.25) is 5.32 Å². The third-order valence-corrected chi connectivity index (χ3v) is 9.68. The van der Waals surface area contributed by atoms with Crippen molar-refractivity contribution in [1.82, 2.24) is 14.6 Å². The molecule has 2 aliphatic rings. The molecule has 0 amide bonds. The maximum absolute atomic E-state index is 14.3. The number of ether oxygens (including phenoxy) is 1. The van der Waals surface area contributed by atoms with Gasteiger partial charge in [0.15, 0.2) is 0 Å². The first-order valence-corrected chi connectivity index (χ1v) is 15.7. The van der Waals surface area contributed by atoms with Crippen molar-refractivity contribution in [3.05, 3.63) is 41.1 Å². The van der Waals surface area contributed by atoms with Crippen molar-refractivity contribution in [2.75, 3.05) is 13.2 Å². The Morgan fingerprint density at radius 2 is 1.73 bits per heavy atom. The maximum atomic E-state index is 14.3. The highest BCUT2D eigenvalue weighted by Gasteiger charge is 2.39. The number of hydrogen-bond donors (Lipinski definition) is 4. The normalized spacial score (nSPS) is 19.8. The number of rotatable bonds is 8. The molecular weight excluding hydrogens is 559 g/mol. The fraction of sp³-hybridized carbons (Fsp3) is 0.655. The second-order valence-corrected chi connectivity index (χ2v) is 14.1. The summed E-state index contributed by atoms with van der Waals surface area (Å²) in [4.78, 5) is -0.856. The lowest BCUT2D eigenvalue weighted by Gasteiger charge is -2.34. The van der Waals surface area contributed by atoms with Gasteiger partial charge < -0.3 is 19.5 Å². The van der Waals surface area contributed by atoms with E-state index < -0.39 is 44.0 Å². The van der Waals surface area contributed by atoms with Crippen LogP contribution in [0.3, 0.4) is 0 Å². The molecule has 12 heteroatoms. The minimum Gasteiger partial charge on any atom is -0.388 e. The summed E-state index contributed by atoms with van der Waals surface area (Å²) in [5, 5.41) is 25.7. The van der Waals surface area contributed by atoms with Crippen molar-refractivity contribution in [3.8, 4) is 11.3 Å². The van der Waals surface area contributed by atoms with Crippen LogP contribution in [0.15, 0.2) is 29.2 Å². The average molecular weight is 602 g/mol. The van der Waals surface area contributed by atoms with Crippen LogP contribution in [0.2, 0.25) is 0 Å². The maximum Gasteiger partial charge on any atom is 0.417 e. The molecule has 2 heterocycles. The Morgan fingerprint density at radius 3 is 2.32 bits per heavy atom. The van der Waals surface area contributed by atoms with Crippen LogP contribution >= 0.6 is 0 Å². The molecule has 1 aromatic heterocycles. The van der Waals surface area contributed by atoms with Crippen LogP contribution in [0.1, 0.15) is 88.8 Å². The van der Waals surface area contributed by atoms with Crippen LogP contribution < -0.4 is 10.0 Å². The molecule has 1 aliphatic heterocycles. The van der Waals surface area contributed by atoms with E-state index in [0.717, 1.165) is 44.2 Å². The summed E-state index contributed by atoms with van der Waals surface area (Å²) >= 11 is 0.